The molecule has 0 spiro atoms. The molecule has 9 heteroatoms. The Bertz CT molecular complexity index is 1030. The number of aryl methyl sites for hydroxylation is 2. The van der Waals surface area contributed by atoms with Gasteiger partial charge in [-0.3, -0.25) is 14.0 Å². The van der Waals surface area contributed by atoms with Crippen LogP contribution in [0.4, 0.5) is 8.78 Å². The maximum atomic E-state index is 13.8. The molecular weight excluding hydrogens is 370 g/mol. The van der Waals surface area contributed by atoms with Crippen LogP contribution in [0.15, 0.2) is 37.1 Å². The van der Waals surface area contributed by atoms with E-state index in [1.54, 1.807) is 20.0 Å². The van der Waals surface area contributed by atoms with Gasteiger partial charge < -0.3 is 4.74 Å². The molecule has 0 saturated heterocycles. The summed E-state index contributed by atoms with van der Waals surface area (Å²) in [5, 5.41) is 0. The largest absolute Gasteiger partial charge is 0.470 e. The lowest BCUT2D eigenvalue weighted by atomic mass is 10.2. The molecule has 7 nitrogen and oxygen atoms in total. The van der Waals surface area contributed by atoms with Crippen LogP contribution in [0.2, 0.25) is 0 Å². The average molecular weight is 388 g/mol. The van der Waals surface area contributed by atoms with Crippen LogP contribution in [0.5, 0.6) is 5.88 Å². The van der Waals surface area contributed by atoms with Crippen molar-refractivity contribution < 1.29 is 23.1 Å². The first-order valence-corrected chi connectivity index (χ1v) is 8.37. The number of ether oxygens (including phenoxy) is 1. The van der Waals surface area contributed by atoms with Crippen molar-refractivity contribution >= 4 is 11.6 Å². The summed E-state index contributed by atoms with van der Waals surface area (Å²) in [6.07, 6.45) is 3.10. The third kappa shape index (κ3) is 3.84. The summed E-state index contributed by atoms with van der Waals surface area (Å²) in [5.74, 6) is -1.90. The lowest BCUT2D eigenvalue weighted by Crippen LogP contribution is -2.26. The van der Waals surface area contributed by atoms with Crippen molar-refractivity contribution in [3.63, 3.8) is 0 Å². The summed E-state index contributed by atoms with van der Waals surface area (Å²) in [7, 11) is 0. The van der Waals surface area contributed by atoms with Crippen molar-refractivity contribution in [1.29, 1.82) is 0 Å². The highest BCUT2D eigenvalue weighted by Crippen LogP contribution is 2.23. The predicted octanol–water partition coefficient (Wildman–Crippen LogP) is 3.05. The van der Waals surface area contributed by atoms with Gasteiger partial charge in [-0.2, -0.15) is 0 Å². The maximum absolute atomic E-state index is 13.8. The maximum Gasteiger partial charge on any atom is 0.293 e. The number of halogens is 2. The molecule has 0 saturated carbocycles. The van der Waals surface area contributed by atoms with E-state index in [1.807, 2.05) is 0 Å². The van der Waals surface area contributed by atoms with Gasteiger partial charge >= 0.3 is 0 Å². The molecule has 3 aromatic rings. The van der Waals surface area contributed by atoms with Crippen molar-refractivity contribution in [2.75, 3.05) is 6.61 Å². The van der Waals surface area contributed by atoms with Gasteiger partial charge in [0.15, 0.2) is 0 Å². The summed E-state index contributed by atoms with van der Waals surface area (Å²) in [5.41, 5.74) is 3.49. The van der Waals surface area contributed by atoms with Crippen LogP contribution >= 0.6 is 0 Å². The first kappa shape index (κ1) is 19.4. The number of aromatic nitrogens is 3. The Morgan fingerprint density at radius 2 is 2.00 bits per heavy atom. The smallest absolute Gasteiger partial charge is 0.293 e. The Labute approximate surface area is 159 Å². The normalized spacial score (nSPS) is 10.9. The third-order valence-corrected chi connectivity index (χ3v) is 3.87. The molecule has 3 rings (SSSR count). The standard InChI is InChI=1S/C19H18F2N4O3/c1-4-8-28-24-18(26)16-12(3)23-17-19(22-11(2)9-25(16)17)27-10-13-14(20)6-5-7-15(13)21/h4-7,9H,1,8,10H2,2-3H3,(H,24,26). The second-order valence-electron chi connectivity index (χ2n) is 5.95. The van der Waals surface area contributed by atoms with Crippen LogP contribution in [0.1, 0.15) is 27.4 Å². The molecule has 2 heterocycles. The quantitative estimate of drug-likeness (QED) is 0.382. The number of rotatable bonds is 7. The molecule has 0 radical (unpaired) electrons. The molecule has 0 bridgehead atoms. The Morgan fingerprint density at radius 1 is 1.29 bits per heavy atom. The van der Waals surface area contributed by atoms with Gasteiger partial charge in [0.25, 0.3) is 11.8 Å². The van der Waals surface area contributed by atoms with Gasteiger partial charge in [0.1, 0.15) is 23.9 Å². The number of imidazole rings is 1. The number of benzene rings is 1. The number of carbonyl (C=O) groups excluding carboxylic acids is 1. The molecule has 28 heavy (non-hydrogen) atoms. The topological polar surface area (TPSA) is 77.8 Å². The van der Waals surface area contributed by atoms with Crippen molar-refractivity contribution in [1.82, 2.24) is 19.8 Å². The Morgan fingerprint density at radius 3 is 2.68 bits per heavy atom. The average Bonchev–Trinajstić information content (AvgIpc) is 2.97. The molecule has 0 aliphatic carbocycles. The lowest BCUT2D eigenvalue weighted by molar-refractivity contribution is 0.0415. The van der Waals surface area contributed by atoms with Crippen molar-refractivity contribution in [2.45, 2.75) is 20.5 Å². The summed E-state index contributed by atoms with van der Waals surface area (Å²) < 4.78 is 34.7. The fraction of sp³-hybridized carbons (Fsp3) is 0.211. The number of hydrogen-bond acceptors (Lipinski definition) is 5. The zero-order chi connectivity index (χ0) is 20.3. The molecule has 1 aromatic carbocycles. The van der Waals surface area contributed by atoms with Crippen LogP contribution in [0.3, 0.4) is 0 Å². The molecule has 0 aliphatic rings. The van der Waals surface area contributed by atoms with Crippen LogP contribution in [0, 0.1) is 25.5 Å². The van der Waals surface area contributed by atoms with E-state index in [0.29, 0.717) is 11.4 Å². The monoisotopic (exact) mass is 388 g/mol. The second kappa shape index (κ2) is 8.13. The minimum absolute atomic E-state index is 0.0526. The lowest BCUT2D eigenvalue weighted by Gasteiger charge is -2.10. The minimum Gasteiger partial charge on any atom is -0.470 e. The molecule has 1 amide bonds. The van der Waals surface area contributed by atoms with Crippen LogP contribution in [-0.2, 0) is 11.4 Å². The highest BCUT2D eigenvalue weighted by atomic mass is 19.1. The fourth-order valence-electron chi connectivity index (χ4n) is 2.64. The molecule has 2 aromatic heterocycles. The van der Waals surface area contributed by atoms with Crippen LogP contribution in [-0.4, -0.2) is 26.9 Å². The number of hydrogen-bond donors (Lipinski definition) is 1. The first-order valence-electron chi connectivity index (χ1n) is 8.37. The predicted molar refractivity (Wildman–Crippen MR) is 96.8 cm³/mol. The van der Waals surface area contributed by atoms with E-state index in [-0.39, 0.29) is 36.0 Å². The van der Waals surface area contributed by atoms with Crippen molar-refractivity contribution in [3.8, 4) is 5.88 Å². The SMILES string of the molecule is C=CCONC(=O)c1c(C)nc2c(OCc3c(F)cccc3F)nc(C)cn12. The van der Waals surface area contributed by atoms with Crippen molar-refractivity contribution in [3.05, 3.63) is 71.3 Å². The number of amides is 1. The van der Waals surface area contributed by atoms with Gasteiger partial charge in [0.05, 0.1) is 23.6 Å². The molecule has 0 fully saturated rings. The van der Waals surface area contributed by atoms with E-state index in [2.05, 4.69) is 22.0 Å². The molecule has 1 N–H and O–H groups in total. The summed E-state index contributed by atoms with van der Waals surface area (Å²) >= 11 is 0. The second-order valence-corrected chi connectivity index (χ2v) is 5.95. The third-order valence-electron chi connectivity index (χ3n) is 3.87. The number of nitrogens with zero attached hydrogens (tertiary/aromatic N) is 3. The van der Waals surface area contributed by atoms with E-state index in [1.165, 1.54) is 16.5 Å². The summed E-state index contributed by atoms with van der Waals surface area (Å²) in [4.78, 5) is 25.9. The van der Waals surface area contributed by atoms with Gasteiger partial charge in [-0.15, -0.1) is 6.58 Å². The van der Waals surface area contributed by atoms with Gasteiger partial charge in [-0.05, 0) is 26.0 Å². The molecule has 0 aliphatic heterocycles. The first-order chi connectivity index (χ1) is 13.4. The Balaban J connectivity index is 1.95. The minimum atomic E-state index is -0.720. The van der Waals surface area contributed by atoms with E-state index < -0.39 is 17.5 Å². The molecular formula is C19H18F2N4O3. The number of fused-ring (bicyclic) bond motifs is 1. The zero-order valence-corrected chi connectivity index (χ0v) is 15.3. The number of carbonyl (C=O) groups is 1. The van der Waals surface area contributed by atoms with Gasteiger partial charge in [0, 0.05) is 6.20 Å². The number of hydroxylamine groups is 1. The van der Waals surface area contributed by atoms with E-state index in [4.69, 9.17) is 9.57 Å². The highest BCUT2D eigenvalue weighted by molar-refractivity contribution is 5.94. The van der Waals surface area contributed by atoms with Crippen LogP contribution < -0.4 is 10.2 Å². The van der Waals surface area contributed by atoms with Crippen LogP contribution in [0.25, 0.3) is 5.65 Å². The van der Waals surface area contributed by atoms with Crippen molar-refractivity contribution in [2.24, 2.45) is 0 Å². The van der Waals surface area contributed by atoms with E-state index in [0.717, 1.165) is 12.1 Å². The van der Waals surface area contributed by atoms with E-state index in [9.17, 15) is 13.6 Å². The Hall–Kier alpha value is -3.33. The highest BCUT2D eigenvalue weighted by Gasteiger charge is 2.21. The van der Waals surface area contributed by atoms with Gasteiger partial charge in [-0.1, -0.05) is 12.1 Å². The summed E-state index contributed by atoms with van der Waals surface area (Å²) in [6.45, 7) is 6.61. The van der Waals surface area contributed by atoms with E-state index >= 15 is 0 Å². The van der Waals surface area contributed by atoms with Gasteiger partial charge in [-0.25, -0.2) is 24.2 Å². The van der Waals surface area contributed by atoms with Gasteiger partial charge in [0.2, 0.25) is 5.65 Å². The molecule has 0 unspecified atom stereocenters. The summed E-state index contributed by atoms with van der Waals surface area (Å²) in [6, 6.07) is 3.56. The zero-order valence-electron chi connectivity index (χ0n) is 15.3. The Kier molecular flexibility index (Phi) is 5.65. The number of nitrogens with one attached hydrogen (secondary N) is 1. The fourth-order valence-corrected chi connectivity index (χ4v) is 2.64. The molecule has 146 valence electrons. The molecule has 0 atom stereocenters.